The number of esters is 1. The number of carbonyl (C=O) groups excluding carboxylic acids is 4. The van der Waals surface area contributed by atoms with Gasteiger partial charge in [0.2, 0.25) is 11.7 Å². The van der Waals surface area contributed by atoms with Gasteiger partial charge in [-0.25, -0.2) is 0 Å². The molecule has 0 heterocycles. The maximum Gasteiger partial charge on any atom is 0.306 e. The molecule has 3 N–H and O–H groups in total. The first-order valence-corrected chi connectivity index (χ1v) is 13.9. The second-order valence-corrected chi connectivity index (χ2v) is 12.8. The van der Waals surface area contributed by atoms with Crippen LogP contribution in [0.15, 0.2) is 11.6 Å². The molecule has 0 unspecified atom stereocenters. The van der Waals surface area contributed by atoms with E-state index in [1.807, 2.05) is 20.8 Å². The van der Waals surface area contributed by atoms with Crippen LogP contribution >= 0.6 is 0 Å². The van der Waals surface area contributed by atoms with Crippen molar-refractivity contribution in [2.24, 2.45) is 34.5 Å². The molecule has 7 atom stereocenters. The van der Waals surface area contributed by atoms with Crippen molar-refractivity contribution in [1.29, 1.82) is 0 Å². The second kappa shape index (κ2) is 10.3. The summed E-state index contributed by atoms with van der Waals surface area (Å²) >= 11 is 0. The number of hydrogen-bond acceptors (Lipinski definition) is 7. The highest BCUT2D eigenvalue weighted by atomic mass is 16.5. The van der Waals surface area contributed by atoms with Crippen molar-refractivity contribution in [3.05, 3.63) is 11.6 Å². The average Bonchev–Trinajstić information content (AvgIpc) is 3.11. The molecule has 0 bridgehead atoms. The third-order valence-corrected chi connectivity index (χ3v) is 10.1. The van der Waals surface area contributed by atoms with E-state index in [2.05, 4.69) is 12.2 Å². The highest BCUT2D eigenvalue weighted by Gasteiger charge is 2.68. The summed E-state index contributed by atoms with van der Waals surface area (Å²) in [5.41, 5.74) is -1.60. The third-order valence-electron chi connectivity index (χ3n) is 10.1. The molecule has 4 rings (SSSR count). The molecule has 4 aliphatic rings. The summed E-state index contributed by atoms with van der Waals surface area (Å²) in [6, 6.07) is 0. The van der Waals surface area contributed by atoms with Gasteiger partial charge in [-0.1, -0.05) is 33.3 Å². The molecule has 37 heavy (non-hydrogen) atoms. The molecule has 0 aromatic heterocycles. The topological polar surface area (TPSA) is 130 Å². The van der Waals surface area contributed by atoms with Gasteiger partial charge in [-0.15, -0.1) is 0 Å². The Morgan fingerprint density at radius 2 is 1.86 bits per heavy atom. The first kappa shape index (κ1) is 28.0. The lowest BCUT2D eigenvalue weighted by Crippen LogP contribution is -2.62. The number of ketones is 2. The largest absolute Gasteiger partial charge is 0.458 e. The van der Waals surface area contributed by atoms with Crippen molar-refractivity contribution in [2.75, 3.05) is 13.2 Å². The van der Waals surface area contributed by atoms with Crippen LogP contribution in [0.1, 0.15) is 85.5 Å². The van der Waals surface area contributed by atoms with E-state index >= 15 is 0 Å². The monoisotopic (exact) mass is 517 g/mol. The predicted octanol–water partition coefficient (Wildman–Crippen LogP) is 2.88. The Balaban J connectivity index is 1.41. The maximum absolute atomic E-state index is 13.3. The van der Waals surface area contributed by atoms with Crippen molar-refractivity contribution >= 4 is 23.4 Å². The molecule has 0 spiro atoms. The zero-order valence-electron chi connectivity index (χ0n) is 22.7. The Hall–Kier alpha value is -2.06. The Bertz CT molecular complexity index is 989. The van der Waals surface area contributed by atoms with Crippen LogP contribution in [0.4, 0.5) is 0 Å². The Morgan fingerprint density at radius 1 is 1.14 bits per heavy atom. The van der Waals surface area contributed by atoms with Crippen LogP contribution in [0.5, 0.6) is 0 Å². The van der Waals surface area contributed by atoms with Gasteiger partial charge >= 0.3 is 5.97 Å². The van der Waals surface area contributed by atoms with Gasteiger partial charge in [0.25, 0.3) is 0 Å². The first-order valence-electron chi connectivity index (χ1n) is 13.9. The maximum atomic E-state index is 13.3. The zero-order valence-corrected chi connectivity index (χ0v) is 22.7. The van der Waals surface area contributed by atoms with Crippen molar-refractivity contribution in [2.45, 2.75) is 97.2 Å². The number of Topliss-reactive ketones (excluding diaryl/α,β-unsaturated/α-hetero) is 1. The van der Waals surface area contributed by atoms with Gasteiger partial charge in [-0.05, 0) is 73.7 Å². The first-order chi connectivity index (χ1) is 17.3. The Kier molecular flexibility index (Phi) is 7.75. The number of allylic oxidation sites excluding steroid dienone is 1. The molecule has 0 saturated heterocycles. The molecule has 8 nitrogen and oxygen atoms in total. The molecule has 0 aliphatic heterocycles. The number of aliphatic hydroxyl groups excluding tert-OH is 1. The van der Waals surface area contributed by atoms with Crippen LogP contribution < -0.4 is 5.32 Å². The average molecular weight is 518 g/mol. The Morgan fingerprint density at radius 3 is 2.57 bits per heavy atom. The Labute approximate surface area is 219 Å². The van der Waals surface area contributed by atoms with E-state index in [9.17, 15) is 29.4 Å². The molecule has 0 aromatic carbocycles. The van der Waals surface area contributed by atoms with Crippen LogP contribution in [-0.4, -0.2) is 58.5 Å². The van der Waals surface area contributed by atoms with Gasteiger partial charge in [0.1, 0.15) is 5.60 Å². The van der Waals surface area contributed by atoms with Crippen LogP contribution in [0.3, 0.4) is 0 Å². The summed E-state index contributed by atoms with van der Waals surface area (Å²) in [6.07, 6.45) is 5.04. The molecule has 4 aliphatic carbocycles. The van der Waals surface area contributed by atoms with Crippen molar-refractivity contribution in [1.82, 2.24) is 5.32 Å². The summed E-state index contributed by atoms with van der Waals surface area (Å²) in [4.78, 5) is 49.4. The lowest BCUT2D eigenvalue weighted by molar-refractivity contribution is -0.184. The molecule has 3 saturated carbocycles. The summed E-state index contributed by atoms with van der Waals surface area (Å²) in [6.45, 7) is 8.02. The van der Waals surface area contributed by atoms with Crippen molar-refractivity contribution in [3.63, 3.8) is 0 Å². The predicted molar refractivity (Wildman–Crippen MR) is 136 cm³/mol. The lowest BCUT2D eigenvalue weighted by atomic mass is 9.45. The fourth-order valence-corrected chi connectivity index (χ4v) is 8.11. The number of aliphatic hydroxyl groups is 2. The van der Waals surface area contributed by atoms with Gasteiger partial charge < -0.3 is 20.3 Å². The number of amides is 1. The number of rotatable bonds is 8. The highest BCUT2D eigenvalue weighted by molar-refractivity contribution is 5.92. The molecule has 8 heteroatoms. The minimum atomic E-state index is -1.68. The van der Waals surface area contributed by atoms with Gasteiger partial charge in [0.15, 0.2) is 12.4 Å². The van der Waals surface area contributed by atoms with E-state index in [0.717, 1.165) is 24.8 Å². The van der Waals surface area contributed by atoms with Gasteiger partial charge in [0, 0.05) is 24.8 Å². The van der Waals surface area contributed by atoms with Gasteiger partial charge in [-0.2, -0.15) is 0 Å². The second-order valence-electron chi connectivity index (χ2n) is 12.8. The molecular weight excluding hydrogens is 474 g/mol. The molecule has 1 amide bonds. The van der Waals surface area contributed by atoms with Crippen LogP contribution in [-0.2, 0) is 23.9 Å². The molecule has 0 radical (unpaired) electrons. The van der Waals surface area contributed by atoms with Crippen molar-refractivity contribution < 1.29 is 34.1 Å². The summed E-state index contributed by atoms with van der Waals surface area (Å²) < 4.78 is 5.18. The van der Waals surface area contributed by atoms with E-state index in [0.29, 0.717) is 31.7 Å². The number of fused-ring (bicyclic) bond motifs is 5. The smallest absolute Gasteiger partial charge is 0.306 e. The molecule has 0 aromatic rings. The SMILES string of the molecule is CC(C)CNC(=O)CCC(=O)OCC(=O)[C@@]1(O)CC[C@H]2[C@@H]3CCC4=CC(=O)CC[C@]4(C)[C@H]3[C@@H](O)C[C@@]21C. The number of ether oxygens (including phenoxy) is 1. The lowest BCUT2D eigenvalue weighted by Gasteiger charge is -2.60. The summed E-state index contributed by atoms with van der Waals surface area (Å²) in [5, 5.41) is 25.9. The fraction of sp³-hybridized carbons (Fsp3) is 0.793. The molecular formula is C29H43NO7. The highest BCUT2D eigenvalue weighted by Crippen LogP contribution is 2.67. The summed E-state index contributed by atoms with van der Waals surface area (Å²) in [5.74, 6) is -0.749. The fourth-order valence-electron chi connectivity index (χ4n) is 8.11. The van der Waals surface area contributed by atoms with Crippen molar-refractivity contribution in [3.8, 4) is 0 Å². The van der Waals surface area contributed by atoms with E-state index in [1.165, 1.54) is 0 Å². The zero-order chi connectivity index (χ0) is 27.2. The summed E-state index contributed by atoms with van der Waals surface area (Å²) in [7, 11) is 0. The number of hydrogen-bond donors (Lipinski definition) is 3. The number of carbonyl (C=O) groups is 4. The van der Waals surface area contributed by atoms with Crippen LogP contribution in [0.25, 0.3) is 0 Å². The third kappa shape index (κ3) is 4.91. The van der Waals surface area contributed by atoms with Crippen LogP contribution in [0, 0.1) is 34.5 Å². The van der Waals surface area contributed by atoms with E-state index < -0.39 is 35.5 Å². The number of nitrogens with one attached hydrogen (secondary N) is 1. The molecule has 3 fully saturated rings. The normalized spacial score (nSPS) is 38.8. The quantitative estimate of drug-likeness (QED) is 0.422. The van der Waals surface area contributed by atoms with Crippen LogP contribution in [0.2, 0.25) is 0 Å². The van der Waals surface area contributed by atoms with Gasteiger partial charge in [0.05, 0.1) is 12.5 Å². The standard InChI is InChI=1S/C29H43NO7/c1-17(2)15-30-24(34)7-8-25(35)37-16-23(33)29(36)12-10-21-20-6-5-18-13-19(31)9-11-27(18,3)26(20)22(32)14-28(21,29)4/h13,17,20-22,26,32,36H,5-12,14-16H2,1-4H3,(H,30,34)/t20-,21-,22-,26+,27-,28-,29-/m0/s1. The van der Waals surface area contributed by atoms with E-state index in [1.54, 1.807) is 6.08 Å². The minimum absolute atomic E-state index is 0.00389. The van der Waals surface area contributed by atoms with E-state index in [-0.39, 0.29) is 54.1 Å². The van der Waals surface area contributed by atoms with E-state index in [4.69, 9.17) is 4.74 Å². The molecule has 206 valence electrons. The van der Waals surface area contributed by atoms with Gasteiger partial charge in [-0.3, -0.25) is 19.2 Å². The minimum Gasteiger partial charge on any atom is -0.458 e.